The van der Waals surface area contributed by atoms with Crippen molar-refractivity contribution in [1.29, 1.82) is 0 Å². The zero-order chi connectivity index (χ0) is 20.1. The van der Waals surface area contributed by atoms with Crippen molar-refractivity contribution >= 4 is 62.3 Å². The Labute approximate surface area is 171 Å². The van der Waals surface area contributed by atoms with Crippen molar-refractivity contribution in [2.45, 2.75) is 26.6 Å². The lowest BCUT2D eigenvalue weighted by molar-refractivity contribution is -0.644. The van der Waals surface area contributed by atoms with Gasteiger partial charge in [0, 0.05) is 22.2 Å². The molecule has 0 atom stereocenters. The third-order valence-corrected chi connectivity index (χ3v) is 8.67. The molecule has 29 heavy (non-hydrogen) atoms. The van der Waals surface area contributed by atoms with E-state index in [9.17, 15) is 0 Å². The highest BCUT2D eigenvalue weighted by Crippen LogP contribution is 2.39. The second-order valence-electron chi connectivity index (χ2n) is 9.49. The van der Waals surface area contributed by atoms with Crippen LogP contribution in [0.1, 0.15) is 5.56 Å². The van der Waals surface area contributed by atoms with Crippen molar-refractivity contribution < 1.29 is 4.57 Å². The van der Waals surface area contributed by atoms with Crippen molar-refractivity contribution in [2.24, 2.45) is 7.05 Å². The molecule has 0 saturated carbocycles. The highest BCUT2D eigenvalue weighted by molar-refractivity contribution is 6.88. The van der Waals surface area contributed by atoms with Gasteiger partial charge in [-0.15, -0.1) is 0 Å². The third-order valence-electron chi connectivity index (χ3n) is 6.62. The Morgan fingerprint density at radius 3 is 2.45 bits per heavy atom. The summed E-state index contributed by atoms with van der Waals surface area (Å²) in [5.41, 5.74) is 6.63. The van der Waals surface area contributed by atoms with Gasteiger partial charge in [-0.1, -0.05) is 61.2 Å². The molecule has 2 nitrogen and oxygen atoms in total. The molecule has 0 N–H and O–H groups in total. The van der Waals surface area contributed by atoms with E-state index in [1.54, 1.807) is 0 Å². The number of nitrogens with zero attached hydrogens (tertiary/aromatic N) is 2. The molecule has 3 aromatic heterocycles. The summed E-state index contributed by atoms with van der Waals surface area (Å²) in [5, 5.41) is 8.32. The lowest BCUT2D eigenvalue weighted by Gasteiger charge is -2.16. The summed E-state index contributed by atoms with van der Waals surface area (Å²) in [6.45, 7) is 9.52. The van der Waals surface area contributed by atoms with Crippen LogP contribution in [0.2, 0.25) is 19.6 Å². The molecule has 3 heterocycles. The van der Waals surface area contributed by atoms with Gasteiger partial charge < -0.3 is 4.40 Å². The Balaban J connectivity index is 2.01. The Bertz CT molecular complexity index is 1600. The van der Waals surface area contributed by atoms with E-state index in [4.69, 9.17) is 0 Å². The molecule has 0 radical (unpaired) electrons. The molecule has 0 bridgehead atoms. The van der Waals surface area contributed by atoms with E-state index in [2.05, 4.69) is 103 Å². The van der Waals surface area contributed by atoms with Gasteiger partial charge in [0.15, 0.2) is 6.20 Å². The van der Waals surface area contributed by atoms with Crippen LogP contribution in [-0.2, 0) is 7.05 Å². The van der Waals surface area contributed by atoms with Gasteiger partial charge in [0.25, 0.3) is 0 Å². The molecule has 142 valence electrons. The topological polar surface area (TPSA) is 8.29 Å². The van der Waals surface area contributed by atoms with E-state index in [0.717, 1.165) is 0 Å². The largest absolute Gasteiger partial charge is 0.303 e. The van der Waals surface area contributed by atoms with Crippen molar-refractivity contribution in [3.05, 3.63) is 66.4 Å². The second kappa shape index (κ2) is 5.36. The minimum atomic E-state index is -1.38. The van der Waals surface area contributed by atoms with Crippen molar-refractivity contribution in [2.75, 3.05) is 0 Å². The monoisotopic (exact) mass is 393 g/mol. The zero-order valence-corrected chi connectivity index (χ0v) is 18.7. The molecular weight excluding hydrogens is 368 g/mol. The van der Waals surface area contributed by atoms with Crippen molar-refractivity contribution in [3.63, 3.8) is 0 Å². The van der Waals surface area contributed by atoms with Gasteiger partial charge in [0.2, 0.25) is 5.52 Å². The average molecular weight is 394 g/mol. The number of aryl methyl sites for hydroxylation is 2. The van der Waals surface area contributed by atoms with Crippen molar-refractivity contribution in [3.8, 4) is 0 Å². The first-order valence-corrected chi connectivity index (χ1v) is 13.9. The van der Waals surface area contributed by atoms with Crippen molar-refractivity contribution in [1.82, 2.24) is 4.40 Å². The van der Waals surface area contributed by atoms with E-state index in [1.165, 1.54) is 59.7 Å². The van der Waals surface area contributed by atoms with E-state index >= 15 is 0 Å². The summed E-state index contributed by atoms with van der Waals surface area (Å²) >= 11 is 0. The fraction of sp³-hybridized carbons (Fsp3) is 0.192. The Kier molecular flexibility index (Phi) is 3.14. The maximum Gasteiger partial charge on any atom is 0.238 e. The Morgan fingerprint density at radius 1 is 0.828 bits per heavy atom. The predicted octanol–water partition coefficient (Wildman–Crippen LogP) is 5.67. The molecular formula is C26H25N2Si+. The third kappa shape index (κ3) is 2.08. The van der Waals surface area contributed by atoms with Gasteiger partial charge in [-0.2, -0.15) is 4.57 Å². The molecule has 3 aromatic carbocycles. The molecule has 0 aliphatic carbocycles. The van der Waals surface area contributed by atoms with Crippen LogP contribution in [-0.4, -0.2) is 12.5 Å². The van der Waals surface area contributed by atoms with E-state index < -0.39 is 8.07 Å². The normalized spacial score (nSPS) is 13.0. The van der Waals surface area contributed by atoms with Crippen LogP contribution in [0.4, 0.5) is 0 Å². The second-order valence-corrected chi connectivity index (χ2v) is 14.6. The quantitative estimate of drug-likeness (QED) is 0.147. The number of pyridine rings is 2. The minimum Gasteiger partial charge on any atom is -0.303 e. The molecule has 6 aromatic rings. The van der Waals surface area contributed by atoms with Gasteiger partial charge in [-0.05, 0) is 30.0 Å². The summed E-state index contributed by atoms with van der Waals surface area (Å²) in [4.78, 5) is 0. The lowest BCUT2D eigenvalue weighted by atomic mass is 9.98. The minimum absolute atomic E-state index is 1.31. The fourth-order valence-electron chi connectivity index (χ4n) is 5.11. The highest BCUT2D eigenvalue weighted by Gasteiger charge is 2.25. The Morgan fingerprint density at radius 2 is 1.66 bits per heavy atom. The van der Waals surface area contributed by atoms with Gasteiger partial charge in [0.05, 0.1) is 24.5 Å². The smallest absolute Gasteiger partial charge is 0.238 e. The van der Waals surface area contributed by atoms with Gasteiger partial charge in [0.1, 0.15) is 12.6 Å². The Hall–Kier alpha value is -2.91. The molecule has 6 rings (SSSR count). The first kappa shape index (κ1) is 17.0. The van der Waals surface area contributed by atoms with Gasteiger partial charge in [-0.3, -0.25) is 0 Å². The molecule has 0 aliphatic rings. The number of rotatable bonds is 1. The first-order chi connectivity index (χ1) is 13.9. The molecule has 0 amide bonds. The van der Waals surface area contributed by atoms with Crippen LogP contribution < -0.4 is 9.75 Å². The van der Waals surface area contributed by atoms with E-state index in [0.29, 0.717) is 0 Å². The summed E-state index contributed by atoms with van der Waals surface area (Å²) in [5.74, 6) is 0. The number of benzene rings is 3. The fourth-order valence-corrected chi connectivity index (χ4v) is 6.27. The van der Waals surface area contributed by atoms with E-state index in [1.807, 2.05) is 0 Å². The molecule has 0 saturated heterocycles. The number of fused-ring (bicyclic) bond motifs is 5. The van der Waals surface area contributed by atoms with E-state index in [-0.39, 0.29) is 0 Å². The molecule has 0 fully saturated rings. The average Bonchev–Trinajstić information content (AvgIpc) is 3.02. The van der Waals surface area contributed by atoms with Crippen LogP contribution in [0, 0.1) is 6.92 Å². The lowest BCUT2D eigenvalue weighted by Crippen LogP contribution is -2.37. The zero-order valence-electron chi connectivity index (χ0n) is 17.7. The summed E-state index contributed by atoms with van der Waals surface area (Å²) in [7, 11) is 0.794. The van der Waals surface area contributed by atoms with Crippen LogP contribution in [0.3, 0.4) is 0 Å². The number of hydrogen-bond donors (Lipinski definition) is 0. The van der Waals surface area contributed by atoms with Crippen LogP contribution in [0.25, 0.3) is 49.0 Å². The van der Waals surface area contributed by atoms with Gasteiger partial charge in [-0.25, -0.2) is 0 Å². The van der Waals surface area contributed by atoms with Crippen LogP contribution >= 0.6 is 0 Å². The van der Waals surface area contributed by atoms with Crippen LogP contribution in [0.5, 0.6) is 0 Å². The summed E-state index contributed by atoms with van der Waals surface area (Å²) in [6, 6.07) is 20.7. The predicted molar refractivity (Wildman–Crippen MR) is 128 cm³/mol. The standard InChI is InChI=1S/C26H25N2Si/c1-16-9-10-17-7-6-8-22-24(17)23(16)26-25-19(13-14-27(26)2)20-15-18(29(3,4)5)11-12-21(20)28(22)25/h6-15H,1-5H3/q+1. The molecule has 0 spiro atoms. The summed E-state index contributed by atoms with van der Waals surface area (Å²) in [6.07, 6.45) is 2.23. The summed E-state index contributed by atoms with van der Waals surface area (Å²) < 4.78 is 4.80. The maximum absolute atomic E-state index is 2.50. The number of hydrogen-bond acceptors (Lipinski definition) is 0. The molecule has 0 aliphatic heterocycles. The molecule has 3 heteroatoms. The first-order valence-electron chi connectivity index (χ1n) is 10.4. The SMILES string of the molecule is Cc1ccc2cccc3c2c1c1c2c(cc[n+]1C)c1cc([Si](C)(C)C)ccc1n32. The maximum atomic E-state index is 2.50. The van der Waals surface area contributed by atoms with Gasteiger partial charge >= 0.3 is 0 Å². The highest BCUT2D eigenvalue weighted by atomic mass is 28.3. The number of aromatic nitrogens is 2. The van der Waals surface area contributed by atoms with Crippen LogP contribution in [0.15, 0.2) is 60.8 Å². The molecule has 0 unspecified atom stereocenters.